The number of rotatable bonds is 5. The van der Waals surface area contributed by atoms with Crippen molar-refractivity contribution in [3.05, 3.63) is 53.8 Å². The van der Waals surface area contributed by atoms with Gasteiger partial charge >= 0.3 is 0 Å². The van der Waals surface area contributed by atoms with Crippen molar-refractivity contribution in [3.8, 4) is 11.5 Å². The largest absolute Gasteiger partial charge is 0.508 e. The van der Waals surface area contributed by atoms with Crippen molar-refractivity contribution in [2.24, 2.45) is 0 Å². The van der Waals surface area contributed by atoms with Crippen LogP contribution >= 0.6 is 12.2 Å². The summed E-state index contributed by atoms with van der Waals surface area (Å²) in [5.74, 6) is -0.398. The molecule has 0 aliphatic heterocycles. The number of phenols is 2. The lowest BCUT2D eigenvalue weighted by atomic mass is 10.1. The van der Waals surface area contributed by atoms with E-state index in [0.717, 1.165) is 0 Å². The molecular weight excluding hydrogens is 279 g/mol. The summed E-state index contributed by atoms with van der Waals surface area (Å²) in [6.07, 6.45) is 0. The third kappa shape index (κ3) is 3.66. The Hall–Kier alpha value is -2.18. The smallest absolute Gasteiger partial charge is 0.127 e. The summed E-state index contributed by atoms with van der Waals surface area (Å²) in [6.45, 7) is 0.297. The second kappa shape index (κ2) is 6.31. The molecule has 0 radical (unpaired) electrons. The van der Waals surface area contributed by atoms with Crippen molar-refractivity contribution in [2.75, 3.05) is 12.0 Å². The van der Waals surface area contributed by atoms with Crippen LogP contribution in [0.25, 0.3) is 0 Å². The van der Waals surface area contributed by atoms with Crippen molar-refractivity contribution in [1.82, 2.24) is 5.43 Å². The van der Waals surface area contributed by atoms with Crippen LogP contribution in [-0.4, -0.2) is 21.6 Å². The van der Waals surface area contributed by atoms with Gasteiger partial charge in [-0.25, -0.2) is 9.82 Å². The van der Waals surface area contributed by atoms with Gasteiger partial charge in [0.1, 0.15) is 17.3 Å². The van der Waals surface area contributed by atoms with Crippen LogP contribution < -0.4 is 10.9 Å². The number of aromatic hydroxyl groups is 2. The summed E-state index contributed by atoms with van der Waals surface area (Å²) < 4.78 is 12.7. The molecule has 0 aromatic heterocycles. The zero-order valence-corrected chi connectivity index (χ0v) is 11.2. The Labute approximate surface area is 120 Å². The van der Waals surface area contributed by atoms with E-state index in [1.807, 2.05) is 0 Å². The summed E-state index contributed by atoms with van der Waals surface area (Å²) >= 11 is 5.18. The topological polar surface area (TPSA) is 64.5 Å². The van der Waals surface area contributed by atoms with E-state index in [4.69, 9.17) is 12.2 Å². The Morgan fingerprint density at radius 3 is 2.45 bits per heavy atom. The Balaban J connectivity index is 1.90. The number of phenolic OH excluding ortho intramolecular Hbond substituents is 2. The molecule has 0 amide bonds. The normalized spacial score (nSPS) is 10.2. The fourth-order valence-corrected chi connectivity index (χ4v) is 1.86. The molecule has 6 heteroatoms. The molecule has 0 saturated heterocycles. The van der Waals surface area contributed by atoms with Crippen molar-refractivity contribution in [1.29, 1.82) is 0 Å². The van der Waals surface area contributed by atoms with E-state index in [1.54, 1.807) is 18.2 Å². The molecule has 0 aliphatic rings. The molecule has 4 nitrogen and oxygen atoms in total. The number of hydrogen-bond acceptors (Lipinski definition) is 5. The molecule has 2 aromatic carbocycles. The molecule has 0 spiro atoms. The molecule has 0 saturated carbocycles. The van der Waals surface area contributed by atoms with Gasteiger partial charge in [-0.2, -0.15) is 0 Å². The number of benzene rings is 2. The molecule has 0 atom stereocenters. The van der Waals surface area contributed by atoms with E-state index in [2.05, 4.69) is 10.9 Å². The van der Waals surface area contributed by atoms with Crippen molar-refractivity contribution in [2.45, 2.75) is 0 Å². The highest BCUT2D eigenvalue weighted by molar-refractivity contribution is 7.81. The maximum atomic E-state index is 12.7. The Kier molecular flexibility index (Phi) is 4.49. The summed E-state index contributed by atoms with van der Waals surface area (Å²) in [7, 11) is 0. The minimum atomic E-state index is -0.305. The number of thiocarbonyl (C=S) groups is 1. The molecular formula is C14H13FN2O2S. The molecule has 0 unspecified atom stereocenters. The zero-order valence-electron chi connectivity index (χ0n) is 10.4. The van der Waals surface area contributed by atoms with Gasteiger partial charge in [0.05, 0.1) is 6.54 Å². The molecule has 2 rings (SSSR count). The lowest BCUT2D eigenvalue weighted by Crippen LogP contribution is -2.27. The summed E-state index contributed by atoms with van der Waals surface area (Å²) in [5.41, 5.74) is 6.92. The fourth-order valence-electron chi connectivity index (χ4n) is 1.61. The highest BCUT2D eigenvalue weighted by Crippen LogP contribution is 2.23. The van der Waals surface area contributed by atoms with E-state index < -0.39 is 0 Å². The Bertz CT molecular complexity index is 617. The zero-order chi connectivity index (χ0) is 14.5. The van der Waals surface area contributed by atoms with Gasteiger partial charge in [0.2, 0.25) is 0 Å². The number of hydrogen-bond donors (Lipinski definition) is 4. The minimum Gasteiger partial charge on any atom is -0.508 e. The first-order valence-corrected chi connectivity index (χ1v) is 6.27. The first kappa shape index (κ1) is 14.2. The molecule has 0 aliphatic carbocycles. The minimum absolute atomic E-state index is 0.0218. The molecule has 0 bridgehead atoms. The first-order valence-electron chi connectivity index (χ1n) is 5.86. The first-order chi connectivity index (χ1) is 9.56. The van der Waals surface area contributed by atoms with Gasteiger partial charge in [-0.1, -0.05) is 12.2 Å². The third-order valence-electron chi connectivity index (χ3n) is 2.61. The van der Waals surface area contributed by atoms with Crippen LogP contribution in [0.5, 0.6) is 11.5 Å². The van der Waals surface area contributed by atoms with E-state index in [0.29, 0.717) is 22.7 Å². The van der Waals surface area contributed by atoms with Gasteiger partial charge in [0.25, 0.3) is 0 Å². The van der Waals surface area contributed by atoms with Gasteiger partial charge in [-0.3, -0.25) is 0 Å². The quantitative estimate of drug-likeness (QED) is 0.387. The van der Waals surface area contributed by atoms with Crippen LogP contribution in [0.15, 0.2) is 42.5 Å². The second-order valence-electron chi connectivity index (χ2n) is 4.11. The molecule has 4 N–H and O–H groups in total. The summed E-state index contributed by atoms with van der Waals surface area (Å²) in [5, 5.41) is 18.9. The predicted molar refractivity (Wildman–Crippen MR) is 79.5 cm³/mol. The van der Waals surface area contributed by atoms with Gasteiger partial charge in [-0.05, 0) is 36.4 Å². The molecule has 104 valence electrons. The second-order valence-corrected chi connectivity index (χ2v) is 4.60. The third-order valence-corrected chi connectivity index (χ3v) is 2.97. The Morgan fingerprint density at radius 2 is 1.80 bits per heavy atom. The highest BCUT2D eigenvalue weighted by Gasteiger charge is 2.07. The molecule has 0 heterocycles. The molecule has 0 fully saturated rings. The van der Waals surface area contributed by atoms with Crippen LogP contribution in [0.3, 0.4) is 0 Å². The van der Waals surface area contributed by atoms with Gasteiger partial charge in [-0.15, -0.1) is 0 Å². The van der Waals surface area contributed by atoms with Crippen LogP contribution in [0, 0.1) is 5.82 Å². The van der Waals surface area contributed by atoms with Gasteiger partial charge < -0.3 is 15.6 Å². The van der Waals surface area contributed by atoms with Crippen LogP contribution in [0.4, 0.5) is 10.1 Å². The standard InChI is InChI=1S/C14H13FN2O2S/c15-9-1-3-10(4-2-9)17-16-8-14(20)12-6-5-11(18)7-13(12)19/h1-7,16-19H,8H2. The summed E-state index contributed by atoms with van der Waals surface area (Å²) in [6, 6.07) is 10.1. The Morgan fingerprint density at radius 1 is 1.10 bits per heavy atom. The van der Waals surface area contributed by atoms with Crippen LogP contribution in [0.1, 0.15) is 5.56 Å². The summed E-state index contributed by atoms with van der Waals surface area (Å²) in [4.78, 5) is 0.483. The van der Waals surface area contributed by atoms with Gasteiger partial charge in [0, 0.05) is 22.2 Å². The van der Waals surface area contributed by atoms with Crippen LogP contribution in [0.2, 0.25) is 0 Å². The number of hydrazine groups is 1. The highest BCUT2D eigenvalue weighted by atomic mass is 32.1. The average Bonchev–Trinajstić information content (AvgIpc) is 2.41. The predicted octanol–water partition coefficient (Wildman–Crippen LogP) is 2.57. The van der Waals surface area contributed by atoms with E-state index in [-0.39, 0.29) is 17.3 Å². The van der Waals surface area contributed by atoms with E-state index in [1.165, 1.54) is 24.3 Å². The lowest BCUT2D eigenvalue weighted by molar-refractivity contribution is 0.450. The van der Waals surface area contributed by atoms with Crippen molar-refractivity contribution in [3.63, 3.8) is 0 Å². The number of halogens is 1. The van der Waals surface area contributed by atoms with E-state index in [9.17, 15) is 14.6 Å². The van der Waals surface area contributed by atoms with Crippen LogP contribution in [-0.2, 0) is 0 Å². The van der Waals surface area contributed by atoms with Crippen molar-refractivity contribution < 1.29 is 14.6 Å². The van der Waals surface area contributed by atoms with Gasteiger partial charge in [0.15, 0.2) is 0 Å². The number of nitrogens with one attached hydrogen (secondary N) is 2. The fraction of sp³-hybridized carbons (Fsp3) is 0.0714. The molecule has 20 heavy (non-hydrogen) atoms. The van der Waals surface area contributed by atoms with E-state index >= 15 is 0 Å². The SMILES string of the molecule is Oc1ccc(C(=S)CNNc2ccc(F)cc2)c(O)c1. The number of anilines is 1. The maximum Gasteiger partial charge on any atom is 0.127 e. The van der Waals surface area contributed by atoms with Crippen molar-refractivity contribution >= 4 is 22.8 Å². The average molecular weight is 292 g/mol. The monoisotopic (exact) mass is 292 g/mol. The lowest BCUT2D eigenvalue weighted by Gasteiger charge is -2.10. The maximum absolute atomic E-state index is 12.7. The molecule has 2 aromatic rings.